The van der Waals surface area contributed by atoms with E-state index in [2.05, 4.69) is 4.98 Å². The van der Waals surface area contributed by atoms with Crippen molar-refractivity contribution in [3.05, 3.63) is 41.7 Å². The minimum atomic E-state index is 0.0893. The Morgan fingerprint density at radius 3 is 2.62 bits per heavy atom. The molecule has 114 valence electrons. The van der Waals surface area contributed by atoms with Crippen LogP contribution in [-0.2, 0) is 10.7 Å². The zero-order chi connectivity index (χ0) is 15.7. The van der Waals surface area contributed by atoms with Gasteiger partial charge in [-0.25, -0.2) is 0 Å². The fourth-order valence-electron chi connectivity index (χ4n) is 1.73. The molecule has 5 heteroatoms. The van der Waals surface area contributed by atoms with Gasteiger partial charge in [0.2, 0.25) is 0 Å². The summed E-state index contributed by atoms with van der Waals surface area (Å²) in [6.45, 7) is 6.24. The largest absolute Gasteiger partial charge is 0.397 e. The lowest BCUT2D eigenvalue weighted by atomic mass is 10.1. The van der Waals surface area contributed by atoms with E-state index < -0.39 is 0 Å². The minimum Gasteiger partial charge on any atom is -0.397 e. The lowest BCUT2D eigenvalue weighted by molar-refractivity contribution is 0.101. The highest BCUT2D eigenvalue weighted by molar-refractivity contribution is 7.31. The minimum absolute atomic E-state index is 0.0893. The van der Waals surface area contributed by atoms with E-state index in [0.717, 1.165) is 34.8 Å². The Kier molecular flexibility index (Phi) is 8.06. The van der Waals surface area contributed by atoms with E-state index in [9.17, 15) is 4.79 Å². The topological polar surface area (TPSA) is 59.4 Å². The van der Waals surface area contributed by atoms with Crippen LogP contribution in [0.2, 0.25) is 0 Å². The molecule has 21 heavy (non-hydrogen) atoms. The maximum Gasteiger partial charge on any atom is 0.159 e. The molecular formula is C16H22NO3P. The molecule has 0 aliphatic carbocycles. The number of Topliss-reactive ketones (excluding diaryl/α,β-unsaturated/α-hetero) is 1. The van der Waals surface area contributed by atoms with Gasteiger partial charge in [0.05, 0.1) is 0 Å². The van der Waals surface area contributed by atoms with Crippen LogP contribution in [0.5, 0.6) is 0 Å². The van der Waals surface area contributed by atoms with Gasteiger partial charge in [-0.2, -0.15) is 0 Å². The van der Waals surface area contributed by atoms with Gasteiger partial charge in [-0.15, -0.1) is 0 Å². The first-order valence-corrected chi connectivity index (χ1v) is 8.09. The number of rotatable bonds is 5. The van der Waals surface area contributed by atoms with Crippen LogP contribution in [0.25, 0.3) is 10.8 Å². The second-order valence-electron chi connectivity index (χ2n) is 4.36. The quantitative estimate of drug-likeness (QED) is 0.521. The molecule has 0 amide bonds. The van der Waals surface area contributed by atoms with E-state index in [1.807, 2.05) is 37.4 Å². The third-order valence-electron chi connectivity index (χ3n) is 2.68. The molecule has 0 aliphatic rings. The molecule has 1 aromatic carbocycles. The highest BCUT2D eigenvalue weighted by atomic mass is 31.1. The summed E-state index contributed by atoms with van der Waals surface area (Å²) in [5.41, 5.74) is 1.75. The number of carbonyl (C=O) groups is 1. The monoisotopic (exact) mass is 307 g/mol. The van der Waals surface area contributed by atoms with Crippen LogP contribution in [0.15, 0.2) is 30.5 Å². The lowest BCUT2D eigenvalue weighted by Gasteiger charge is -2.04. The highest BCUT2D eigenvalue weighted by Gasteiger charge is 2.03. The third kappa shape index (κ3) is 5.88. The highest BCUT2D eigenvalue weighted by Crippen LogP contribution is 2.22. The van der Waals surface area contributed by atoms with Crippen molar-refractivity contribution in [3.8, 4) is 0 Å². The van der Waals surface area contributed by atoms with E-state index in [-0.39, 0.29) is 12.4 Å². The van der Waals surface area contributed by atoms with Gasteiger partial charge in [0, 0.05) is 51.0 Å². The van der Waals surface area contributed by atoms with Gasteiger partial charge < -0.3 is 9.63 Å². The molecule has 0 aliphatic heterocycles. The van der Waals surface area contributed by atoms with Crippen LogP contribution in [0.3, 0.4) is 0 Å². The molecule has 1 aromatic heterocycles. The molecule has 0 saturated heterocycles. The number of hydrogen-bond acceptors (Lipinski definition) is 4. The van der Waals surface area contributed by atoms with E-state index >= 15 is 0 Å². The van der Waals surface area contributed by atoms with Crippen LogP contribution >= 0.6 is 8.81 Å². The summed E-state index contributed by atoms with van der Waals surface area (Å²) in [7, 11) is 0.444. The first-order valence-electron chi connectivity index (χ1n) is 6.97. The van der Waals surface area contributed by atoms with E-state index in [1.165, 1.54) is 0 Å². The Labute approximate surface area is 127 Å². The van der Waals surface area contributed by atoms with Gasteiger partial charge in [-0.1, -0.05) is 12.1 Å². The fourth-order valence-corrected chi connectivity index (χ4v) is 2.38. The van der Waals surface area contributed by atoms with Crippen molar-refractivity contribution < 1.29 is 14.4 Å². The molecule has 0 fully saturated rings. The van der Waals surface area contributed by atoms with Crippen molar-refractivity contribution in [2.45, 2.75) is 26.9 Å². The molecule has 2 rings (SSSR count). The van der Waals surface area contributed by atoms with Crippen molar-refractivity contribution in [3.63, 3.8) is 0 Å². The molecule has 0 radical (unpaired) electrons. The Balaban J connectivity index is 0.000000677. The van der Waals surface area contributed by atoms with Gasteiger partial charge in [-0.05, 0) is 38.3 Å². The predicted molar refractivity (Wildman–Crippen MR) is 88.2 cm³/mol. The number of nitrogens with zero attached hydrogens (tertiary/aromatic N) is 1. The molecule has 1 N–H and O–H groups in total. The lowest BCUT2D eigenvalue weighted by Crippen LogP contribution is -1.92. The average molecular weight is 307 g/mol. The van der Waals surface area contributed by atoms with Crippen LogP contribution in [0.4, 0.5) is 0 Å². The average Bonchev–Trinajstić information content (AvgIpc) is 2.47. The first-order chi connectivity index (χ1) is 10.1. The zero-order valence-electron chi connectivity index (χ0n) is 12.7. The van der Waals surface area contributed by atoms with Gasteiger partial charge in [0.15, 0.2) is 5.78 Å². The summed E-state index contributed by atoms with van der Waals surface area (Å²) in [6.07, 6.45) is 2.68. The number of aliphatic hydroxyl groups is 1. The standard InChI is InChI=1S/C14H16NO2P.C2H6O/c1-3-17-18-9-14-7-13-6-11(10(2)16)4-5-12(13)8-15-14;1-2-3/h4-8,18H,3,9H2,1-2H3;3H,2H2,1H3. The molecule has 0 saturated carbocycles. The third-order valence-corrected chi connectivity index (χ3v) is 3.68. The molecule has 1 heterocycles. The van der Waals surface area contributed by atoms with Crippen LogP contribution < -0.4 is 0 Å². The number of benzene rings is 1. The van der Waals surface area contributed by atoms with E-state index in [4.69, 9.17) is 9.63 Å². The van der Waals surface area contributed by atoms with E-state index in [0.29, 0.717) is 8.81 Å². The zero-order valence-corrected chi connectivity index (χ0v) is 13.7. The maximum absolute atomic E-state index is 11.4. The molecule has 1 unspecified atom stereocenters. The molecule has 2 aromatic rings. The number of aromatic nitrogens is 1. The van der Waals surface area contributed by atoms with Gasteiger partial charge >= 0.3 is 0 Å². The van der Waals surface area contributed by atoms with Crippen LogP contribution in [0, 0.1) is 0 Å². The van der Waals surface area contributed by atoms with E-state index in [1.54, 1.807) is 13.8 Å². The normalized spacial score (nSPS) is 10.7. The Morgan fingerprint density at radius 2 is 2.00 bits per heavy atom. The molecule has 4 nitrogen and oxygen atoms in total. The Morgan fingerprint density at radius 1 is 1.29 bits per heavy atom. The molecular weight excluding hydrogens is 285 g/mol. The number of pyridine rings is 1. The van der Waals surface area contributed by atoms with Gasteiger partial charge in [-0.3, -0.25) is 9.78 Å². The van der Waals surface area contributed by atoms with Crippen molar-refractivity contribution in [1.29, 1.82) is 0 Å². The molecule has 0 spiro atoms. The second kappa shape index (κ2) is 9.56. The summed E-state index contributed by atoms with van der Waals surface area (Å²) in [5, 5.41) is 9.69. The summed E-state index contributed by atoms with van der Waals surface area (Å²) >= 11 is 0. The maximum atomic E-state index is 11.4. The molecule has 0 bridgehead atoms. The summed E-state index contributed by atoms with van der Waals surface area (Å²) in [5.74, 6) is 0.0893. The summed E-state index contributed by atoms with van der Waals surface area (Å²) < 4.78 is 5.35. The fraction of sp³-hybridized carbons (Fsp3) is 0.375. The number of ketones is 1. The van der Waals surface area contributed by atoms with Crippen molar-refractivity contribution in [2.24, 2.45) is 0 Å². The van der Waals surface area contributed by atoms with Gasteiger partial charge in [0.25, 0.3) is 0 Å². The van der Waals surface area contributed by atoms with Crippen molar-refractivity contribution in [1.82, 2.24) is 4.98 Å². The van der Waals surface area contributed by atoms with Gasteiger partial charge in [0.1, 0.15) is 0 Å². The number of carbonyl (C=O) groups excluding carboxylic acids is 1. The molecule has 1 atom stereocenters. The Bertz CT molecular complexity index is 587. The van der Waals surface area contributed by atoms with Crippen molar-refractivity contribution >= 4 is 25.4 Å². The number of fused-ring (bicyclic) bond motifs is 1. The van der Waals surface area contributed by atoms with Crippen LogP contribution in [-0.4, -0.2) is 29.1 Å². The van der Waals surface area contributed by atoms with Crippen molar-refractivity contribution in [2.75, 3.05) is 13.2 Å². The first kappa shape index (κ1) is 17.7. The smallest absolute Gasteiger partial charge is 0.159 e. The number of aliphatic hydroxyl groups excluding tert-OH is 1. The SMILES string of the molecule is CCO.CCOPCc1cc2cc(C(C)=O)ccc2cn1. The second-order valence-corrected chi connectivity index (χ2v) is 5.30. The van der Waals surface area contributed by atoms with Crippen LogP contribution in [0.1, 0.15) is 36.8 Å². The summed E-state index contributed by atoms with van der Waals surface area (Å²) in [4.78, 5) is 15.7. The predicted octanol–water partition coefficient (Wildman–Crippen LogP) is 3.57. The number of hydrogen-bond donors (Lipinski definition) is 1. The Hall–Kier alpha value is -1.35. The summed E-state index contributed by atoms with van der Waals surface area (Å²) in [6, 6.07) is 7.74.